The highest BCUT2D eigenvalue weighted by Crippen LogP contribution is 2.31. The largest absolute Gasteiger partial charge is 0.298 e. The fourth-order valence-corrected chi connectivity index (χ4v) is 5.60. The highest BCUT2D eigenvalue weighted by Gasteiger charge is 2.21. The number of fused-ring (bicyclic) bond motifs is 1. The molecule has 0 saturated carbocycles. The Bertz CT molecular complexity index is 1370. The molecule has 3 aromatic carbocycles. The molecule has 4 rings (SSSR count). The highest BCUT2D eigenvalue weighted by molar-refractivity contribution is 7.92. The van der Waals surface area contributed by atoms with Crippen LogP contribution in [0.5, 0.6) is 0 Å². The van der Waals surface area contributed by atoms with E-state index in [0.717, 1.165) is 15.8 Å². The van der Waals surface area contributed by atoms with Crippen molar-refractivity contribution >= 4 is 59.9 Å². The molecule has 158 valence electrons. The van der Waals surface area contributed by atoms with Crippen LogP contribution in [0.4, 0.5) is 10.8 Å². The zero-order valence-electron chi connectivity index (χ0n) is 16.7. The van der Waals surface area contributed by atoms with E-state index in [0.29, 0.717) is 21.4 Å². The molecule has 0 fully saturated rings. The van der Waals surface area contributed by atoms with Gasteiger partial charge in [0.15, 0.2) is 5.13 Å². The predicted octanol–water partition coefficient (Wildman–Crippen LogP) is 5.34. The molecular formula is C22H18ClN3O3S2. The number of para-hydroxylation sites is 1. The summed E-state index contributed by atoms with van der Waals surface area (Å²) in [7, 11) is -2.25. The van der Waals surface area contributed by atoms with Crippen molar-refractivity contribution in [3.8, 4) is 0 Å². The number of halogens is 1. The van der Waals surface area contributed by atoms with E-state index in [4.69, 9.17) is 11.6 Å². The van der Waals surface area contributed by atoms with Gasteiger partial charge in [0.2, 0.25) is 0 Å². The number of amides is 1. The van der Waals surface area contributed by atoms with E-state index in [9.17, 15) is 13.2 Å². The van der Waals surface area contributed by atoms with Gasteiger partial charge in [-0.2, -0.15) is 0 Å². The van der Waals surface area contributed by atoms with Crippen molar-refractivity contribution in [2.45, 2.75) is 11.8 Å². The van der Waals surface area contributed by atoms with Crippen molar-refractivity contribution in [1.82, 2.24) is 4.98 Å². The van der Waals surface area contributed by atoms with Gasteiger partial charge in [-0.1, -0.05) is 41.1 Å². The number of thiazole rings is 1. The van der Waals surface area contributed by atoms with Gasteiger partial charge in [-0.15, -0.1) is 0 Å². The molecule has 1 heterocycles. The second-order valence-electron chi connectivity index (χ2n) is 6.88. The van der Waals surface area contributed by atoms with Crippen LogP contribution in [0.3, 0.4) is 0 Å². The van der Waals surface area contributed by atoms with E-state index >= 15 is 0 Å². The van der Waals surface area contributed by atoms with Crippen LogP contribution < -0.4 is 9.62 Å². The van der Waals surface area contributed by atoms with Gasteiger partial charge in [-0.05, 0) is 61.0 Å². The van der Waals surface area contributed by atoms with E-state index in [2.05, 4.69) is 10.3 Å². The average Bonchev–Trinajstić information content (AvgIpc) is 3.16. The SMILES string of the molecule is Cc1cc(Cl)cc2sc(NC(=O)c3ccc(S(=O)(=O)N(C)c4ccccc4)cc3)nc12. The number of aryl methyl sites for hydroxylation is 1. The number of carbonyl (C=O) groups is 1. The molecule has 1 N–H and O–H groups in total. The summed E-state index contributed by atoms with van der Waals surface area (Å²) in [6.07, 6.45) is 0. The van der Waals surface area contributed by atoms with Gasteiger partial charge >= 0.3 is 0 Å². The summed E-state index contributed by atoms with van der Waals surface area (Å²) < 4.78 is 27.8. The molecule has 0 radical (unpaired) electrons. The number of nitrogens with one attached hydrogen (secondary N) is 1. The van der Waals surface area contributed by atoms with Crippen LogP contribution in [-0.4, -0.2) is 26.4 Å². The summed E-state index contributed by atoms with van der Waals surface area (Å²) in [4.78, 5) is 17.2. The minimum absolute atomic E-state index is 0.0978. The van der Waals surface area contributed by atoms with Crippen LogP contribution in [0.1, 0.15) is 15.9 Å². The van der Waals surface area contributed by atoms with Crippen molar-refractivity contribution < 1.29 is 13.2 Å². The fourth-order valence-electron chi connectivity index (χ4n) is 3.09. The molecule has 0 aliphatic rings. The molecule has 0 spiro atoms. The molecule has 9 heteroatoms. The monoisotopic (exact) mass is 471 g/mol. The maximum atomic E-state index is 12.9. The summed E-state index contributed by atoms with van der Waals surface area (Å²) in [6.45, 7) is 1.91. The minimum Gasteiger partial charge on any atom is -0.298 e. The Morgan fingerprint density at radius 3 is 2.42 bits per heavy atom. The van der Waals surface area contributed by atoms with Gasteiger partial charge < -0.3 is 0 Å². The number of aromatic nitrogens is 1. The lowest BCUT2D eigenvalue weighted by Gasteiger charge is -2.19. The van der Waals surface area contributed by atoms with E-state index in [1.807, 2.05) is 19.1 Å². The second kappa shape index (κ2) is 8.30. The molecule has 0 atom stereocenters. The van der Waals surface area contributed by atoms with Crippen molar-refractivity contribution in [2.75, 3.05) is 16.7 Å². The van der Waals surface area contributed by atoms with E-state index < -0.39 is 10.0 Å². The minimum atomic E-state index is -3.74. The Morgan fingerprint density at radius 1 is 1.06 bits per heavy atom. The molecule has 0 bridgehead atoms. The number of sulfonamides is 1. The number of benzene rings is 3. The summed E-state index contributed by atoms with van der Waals surface area (Å²) in [5.41, 5.74) is 2.59. The molecule has 1 aromatic heterocycles. The molecular weight excluding hydrogens is 454 g/mol. The summed E-state index contributed by atoms with van der Waals surface area (Å²) in [5.74, 6) is -0.372. The first-order valence-corrected chi connectivity index (χ1v) is 11.9. The van der Waals surface area contributed by atoms with Crippen molar-refractivity contribution in [3.05, 3.63) is 82.9 Å². The molecule has 0 saturated heterocycles. The number of carbonyl (C=O) groups excluding carboxylic acids is 1. The van der Waals surface area contributed by atoms with Gasteiger partial charge in [-0.25, -0.2) is 13.4 Å². The second-order valence-corrected chi connectivity index (χ2v) is 10.3. The highest BCUT2D eigenvalue weighted by atomic mass is 35.5. The molecule has 6 nitrogen and oxygen atoms in total. The molecule has 0 unspecified atom stereocenters. The first-order chi connectivity index (χ1) is 14.8. The quantitative estimate of drug-likeness (QED) is 0.426. The van der Waals surface area contributed by atoms with E-state index in [1.54, 1.807) is 30.3 Å². The van der Waals surface area contributed by atoms with Crippen LogP contribution in [-0.2, 0) is 10.0 Å². The van der Waals surface area contributed by atoms with Crippen LogP contribution in [0.25, 0.3) is 10.2 Å². The first-order valence-electron chi connectivity index (χ1n) is 9.28. The Kier molecular flexibility index (Phi) is 5.70. The van der Waals surface area contributed by atoms with Crippen LogP contribution in [0.2, 0.25) is 5.02 Å². The van der Waals surface area contributed by atoms with Gasteiger partial charge in [0.1, 0.15) is 0 Å². The molecule has 0 aliphatic carbocycles. The number of rotatable bonds is 5. The number of hydrogen-bond donors (Lipinski definition) is 1. The van der Waals surface area contributed by atoms with Crippen molar-refractivity contribution in [1.29, 1.82) is 0 Å². The van der Waals surface area contributed by atoms with Gasteiger partial charge in [0.05, 0.1) is 20.8 Å². The molecule has 1 amide bonds. The number of nitrogens with zero attached hydrogens (tertiary/aromatic N) is 2. The van der Waals surface area contributed by atoms with Crippen LogP contribution in [0, 0.1) is 6.92 Å². The fraction of sp³-hybridized carbons (Fsp3) is 0.0909. The van der Waals surface area contributed by atoms with Gasteiger partial charge in [-0.3, -0.25) is 14.4 Å². The third-order valence-electron chi connectivity index (χ3n) is 4.77. The van der Waals surface area contributed by atoms with Gasteiger partial charge in [0, 0.05) is 17.6 Å². The summed E-state index contributed by atoms with van der Waals surface area (Å²) in [5, 5.41) is 3.83. The zero-order chi connectivity index (χ0) is 22.2. The average molecular weight is 472 g/mol. The smallest absolute Gasteiger partial charge is 0.264 e. The van der Waals surface area contributed by atoms with E-state index in [1.165, 1.54) is 47.0 Å². The first kappa shape index (κ1) is 21.3. The lowest BCUT2D eigenvalue weighted by Crippen LogP contribution is -2.26. The normalized spacial score (nSPS) is 11.5. The maximum absolute atomic E-state index is 12.9. The van der Waals surface area contributed by atoms with Crippen LogP contribution >= 0.6 is 22.9 Å². The predicted molar refractivity (Wildman–Crippen MR) is 126 cm³/mol. The van der Waals surface area contributed by atoms with Gasteiger partial charge in [0.25, 0.3) is 15.9 Å². The third-order valence-corrected chi connectivity index (χ3v) is 7.70. The number of hydrogen-bond acceptors (Lipinski definition) is 5. The molecule has 31 heavy (non-hydrogen) atoms. The Balaban J connectivity index is 1.54. The lowest BCUT2D eigenvalue weighted by atomic mass is 10.2. The van der Waals surface area contributed by atoms with Crippen molar-refractivity contribution in [2.24, 2.45) is 0 Å². The van der Waals surface area contributed by atoms with E-state index in [-0.39, 0.29) is 10.8 Å². The van der Waals surface area contributed by atoms with Crippen molar-refractivity contribution in [3.63, 3.8) is 0 Å². The Hall–Kier alpha value is -2.94. The zero-order valence-corrected chi connectivity index (χ0v) is 19.1. The topological polar surface area (TPSA) is 79.4 Å². The maximum Gasteiger partial charge on any atom is 0.264 e. The molecule has 4 aromatic rings. The lowest BCUT2D eigenvalue weighted by molar-refractivity contribution is 0.102. The molecule has 0 aliphatic heterocycles. The standard InChI is InChI=1S/C22H18ClN3O3S2/c1-14-12-16(23)13-19-20(14)24-22(30-19)25-21(27)15-8-10-18(11-9-15)31(28,29)26(2)17-6-4-3-5-7-17/h3-13H,1-2H3,(H,24,25,27). The number of anilines is 2. The van der Waals surface area contributed by atoms with Crippen LogP contribution in [0.15, 0.2) is 71.6 Å². The summed E-state index contributed by atoms with van der Waals surface area (Å²) in [6, 6.07) is 18.2. The Morgan fingerprint density at radius 2 is 1.74 bits per heavy atom. The summed E-state index contributed by atoms with van der Waals surface area (Å²) >= 11 is 7.41. The third kappa shape index (κ3) is 4.27. The Labute approximate surface area is 189 Å².